The summed E-state index contributed by atoms with van der Waals surface area (Å²) in [5.41, 5.74) is 7.10. The normalized spacial score (nSPS) is 23.2. The molecule has 0 amide bonds. The highest BCUT2D eigenvalue weighted by Gasteiger charge is 2.44. The minimum absolute atomic E-state index is 0.0267. The molecule has 32 heavy (non-hydrogen) atoms. The molecule has 0 N–H and O–H groups in total. The molecule has 2 aromatic carbocycles. The second-order valence-corrected chi connectivity index (χ2v) is 8.73. The molecule has 156 valence electrons. The highest BCUT2D eigenvalue weighted by atomic mass is 16.1. The van der Waals surface area contributed by atoms with Gasteiger partial charge in [0.05, 0.1) is 0 Å². The maximum atomic E-state index is 13.2. The average molecular weight is 418 g/mol. The zero-order chi connectivity index (χ0) is 22.5. The van der Waals surface area contributed by atoms with E-state index in [-0.39, 0.29) is 16.8 Å². The molecule has 0 radical (unpaired) electrons. The molecule has 4 nitrogen and oxygen atoms in total. The van der Waals surface area contributed by atoms with Crippen LogP contribution in [0.15, 0.2) is 71.5 Å². The van der Waals surface area contributed by atoms with E-state index >= 15 is 0 Å². The predicted molar refractivity (Wildman–Crippen MR) is 125 cm³/mol. The summed E-state index contributed by atoms with van der Waals surface area (Å²) in [6, 6.07) is 17.8. The highest BCUT2D eigenvalue weighted by molar-refractivity contribution is 6.27. The van der Waals surface area contributed by atoms with E-state index in [4.69, 9.17) is 0 Å². The zero-order valence-electron chi connectivity index (χ0n) is 18.3. The van der Waals surface area contributed by atoms with Gasteiger partial charge < -0.3 is 4.90 Å². The molecule has 0 fully saturated rings. The number of benzene rings is 2. The molecule has 0 saturated carbocycles. The molecule has 4 heteroatoms. The molecule has 3 aliphatic rings. The van der Waals surface area contributed by atoms with Crippen LogP contribution in [0, 0.1) is 22.7 Å². The van der Waals surface area contributed by atoms with Crippen molar-refractivity contribution in [2.75, 3.05) is 11.4 Å². The summed E-state index contributed by atoms with van der Waals surface area (Å²) in [6.45, 7) is 5.42. The minimum Gasteiger partial charge on any atom is -0.344 e. The second-order valence-electron chi connectivity index (χ2n) is 8.73. The first-order valence-corrected chi connectivity index (χ1v) is 11.1. The molecular weight excluding hydrogens is 394 g/mol. The lowest BCUT2D eigenvalue weighted by Gasteiger charge is -2.31. The Labute approximate surface area is 188 Å². The van der Waals surface area contributed by atoms with Gasteiger partial charge in [-0.3, -0.25) is 4.79 Å². The van der Waals surface area contributed by atoms with Crippen molar-refractivity contribution in [1.82, 2.24) is 0 Å². The number of aryl methyl sites for hydroxylation is 1. The summed E-state index contributed by atoms with van der Waals surface area (Å²) in [7, 11) is 0. The van der Waals surface area contributed by atoms with Crippen LogP contribution in [0.5, 0.6) is 0 Å². The van der Waals surface area contributed by atoms with E-state index in [1.54, 1.807) is 6.07 Å². The number of carbonyl (C=O) groups is 1. The van der Waals surface area contributed by atoms with Crippen molar-refractivity contribution in [1.29, 1.82) is 10.5 Å². The summed E-state index contributed by atoms with van der Waals surface area (Å²) >= 11 is 0. The number of Topliss-reactive ketones (excluding diaryl/α,β-unsaturated/α-hetero) is 1. The average Bonchev–Trinajstić information content (AvgIpc) is 3.25. The number of hydrogen-bond acceptors (Lipinski definition) is 4. The topological polar surface area (TPSA) is 67.9 Å². The Bertz CT molecular complexity index is 1330. The molecule has 1 unspecified atom stereocenters. The van der Waals surface area contributed by atoms with Gasteiger partial charge in [-0.25, -0.2) is 0 Å². The van der Waals surface area contributed by atoms with Crippen LogP contribution < -0.4 is 4.90 Å². The second kappa shape index (κ2) is 7.36. The van der Waals surface area contributed by atoms with Gasteiger partial charge in [0.1, 0.15) is 17.7 Å². The molecular formula is C28H23N3O. The number of nitrogens with zero attached hydrogens (tertiary/aromatic N) is 3. The van der Waals surface area contributed by atoms with Crippen molar-refractivity contribution in [3.63, 3.8) is 0 Å². The van der Waals surface area contributed by atoms with Crippen molar-refractivity contribution in [3.8, 4) is 12.1 Å². The van der Waals surface area contributed by atoms with E-state index in [0.29, 0.717) is 22.3 Å². The molecule has 1 atom stereocenters. The van der Waals surface area contributed by atoms with Gasteiger partial charge in [-0.15, -0.1) is 0 Å². The maximum absolute atomic E-state index is 13.2. The van der Waals surface area contributed by atoms with Gasteiger partial charge in [0.2, 0.25) is 0 Å². The van der Waals surface area contributed by atoms with E-state index in [2.05, 4.69) is 36.9 Å². The Morgan fingerprint density at radius 2 is 1.84 bits per heavy atom. The minimum atomic E-state index is -0.154. The molecule has 2 heterocycles. The van der Waals surface area contributed by atoms with Gasteiger partial charge in [-0.2, -0.15) is 10.5 Å². The Morgan fingerprint density at radius 1 is 1.09 bits per heavy atom. The molecule has 0 saturated heterocycles. The summed E-state index contributed by atoms with van der Waals surface area (Å²) in [5, 5.41) is 19.1. The Kier molecular flexibility index (Phi) is 4.61. The smallest absolute Gasteiger partial charge is 0.194 e. The van der Waals surface area contributed by atoms with E-state index in [9.17, 15) is 15.3 Å². The van der Waals surface area contributed by atoms with Crippen LogP contribution in [-0.2, 0) is 11.8 Å². The van der Waals surface area contributed by atoms with Crippen molar-refractivity contribution >= 4 is 17.0 Å². The fourth-order valence-corrected chi connectivity index (χ4v) is 5.45. The number of fused-ring (bicyclic) bond motifs is 1. The van der Waals surface area contributed by atoms with Crippen molar-refractivity contribution in [3.05, 3.63) is 93.7 Å². The standard InChI is InChI=1S/C28H23N3O/c1-3-28(2)23-12-6-8-18-9-7-15-31(26(18)23)24(28)14-13-22-25(19(16-29)17-30)20-10-4-5-11-21(20)27(22)32/h4-6,8,10-14H,3,7,9,15H2,1-2H3. The first-order chi connectivity index (χ1) is 15.5. The van der Waals surface area contributed by atoms with E-state index in [1.807, 2.05) is 42.5 Å². The van der Waals surface area contributed by atoms with Gasteiger partial charge in [0, 0.05) is 40.1 Å². The van der Waals surface area contributed by atoms with Crippen molar-refractivity contribution < 1.29 is 4.79 Å². The Hall–Kier alpha value is -3.89. The molecule has 0 bridgehead atoms. The van der Waals surface area contributed by atoms with Gasteiger partial charge in [0.25, 0.3) is 0 Å². The lowest BCUT2D eigenvalue weighted by molar-refractivity contribution is 0.104. The van der Waals surface area contributed by atoms with Crippen molar-refractivity contribution in [2.45, 2.75) is 38.5 Å². The van der Waals surface area contributed by atoms with E-state index in [0.717, 1.165) is 25.8 Å². The fraction of sp³-hybridized carbons (Fsp3) is 0.250. The van der Waals surface area contributed by atoms with Gasteiger partial charge in [0.15, 0.2) is 5.78 Å². The van der Waals surface area contributed by atoms with Gasteiger partial charge in [-0.1, -0.05) is 49.4 Å². The lowest BCUT2D eigenvalue weighted by atomic mass is 9.78. The van der Waals surface area contributed by atoms with Crippen LogP contribution in [0.1, 0.15) is 53.7 Å². The number of anilines is 1. The number of allylic oxidation sites excluding steroid dienone is 6. The quantitative estimate of drug-likeness (QED) is 0.469. The summed E-state index contributed by atoms with van der Waals surface area (Å²) in [4.78, 5) is 15.7. The monoisotopic (exact) mass is 417 g/mol. The number of nitriles is 2. The largest absolute Gasteiger partial charge is 0.344 e. The van der Waals surface area contributed by atoms with Gasteiger partial charge in [-0.05, 0) is 55.0 Å². The number of ketones is 1. The first kappa shape index (κ1) is 20.0. The van der Waals surface area contributed by atoms with Gasteiger partial charge >= 0.3 is 0 Å². The summed E-state index contributed by atoms with van der Waals surface area (Å²) in [5.74, 6) is -0.136. The predicted octanol–water partition coefficient (Wildman–Crippen LogP) is 5.63. The third-order valence-corrected chi connectivity index (χ3v) is 7.21. The first-order valence-electron chi connectivity index (χ1n) is 11.1. The number of carbonyl (C=O) groups excluding carboxylic acids is 1. The molecule has 2 aliphatic heterocycles. The number of hydrogen-bond donors (Lipinski definition) is 0. The SMILES string of the molecule is CCC1(C)C(=CC=C2C(=O)c3ccccc3C2=C(C#N)C#N)N2CCCc3cccc1c32. The third-order valence-electron chi connectivity index (χ3n) is 7.21. The number of para-hydroxylation sites is 1. The van der Waals surface area contributed by atoms with E-state index < -0.39 is 0 Å². The lowest BCUT2D eigenvalue weighted by Crippen LogP contribution is -2.30. The molecule has 2 aromatic rings. The van der Waals surface area contributed by atoms with Crippen LogP contribution in [-0.4, -0.2) is 12.3 Å². The zero-order valence-corrected chi connectivity index (χ0v) is 18.3. The van der Waals surface area contributed by atoms with Crippen molar-refractivity contribution in [2.24, 2.45) is 0 Å². The van der Waals surface area contributed by atoms with Crippen LogP contribution >= 0.6 is 0 Å². The Balaban J connectivity index is 1.71. The Morgan fingerprint density at radius 3 is 2.56 bits per heavy atom. The summed E-state index contributed by atoms with van der Waals surface area (Å²) in [6.07, 6.45) is 6.99. The van der Waals surface area contributed by atoms with E-state index in [1.165, 1.54) is 22.5 Å². The van der Waals surface area contributed by atoms with Crippen LogP contribution in [0.3, 0.4) is 0 Å². The molecule has 5 rings (SSSR count). The summed E-state index contributed by atoms with van der Waals surface area (Å²) < 4.78 is 0. The van der Waals surface area contributed by atoms with Crippen LogP contribution in [0.2, 0.25) is 0 Å². The molecule has 1 aliphatic carbocycles. The molecule has 0 aromatic heterocycles. The molecule has 0 spiro atoms. The highest BCUT2D eigenvalue weighted by Crippen LogP contribution is 2.53. The maximum Gasteiger partial charge on any atom is 0.194 e. The van der Waals surface area contributed by atoms with Crippen LogP contribution in [0.25, 0.3) is 5.57 Å². The fourth-order valence-electron chi connectivity index (χ4n) is 5.45. The number of rotatable bonds is 2. The van der Waals surface area contributed by atoms with Crippen LogP contribution in [0.4, 0.5) is 5.69 Å². The third kappa shape index (κ3) is 2.63.